The predicted molar refractivity (Wildman–Crippen MR) is 107 cm³/mol. The minimum atomic E-state index is -0.450. The number of benzene rings is 2. The average molecular weight is 450 g/mol. The molecule has 1 N–H and O–H groups in total. The van der Waals surface area contributed by atoms with Crippen molar-refractivity contribution in [2.45, 2.75) is 13.3 Å². The molecule has 0 aliphatic heterocycles. The van der Waals surface area contributed by atoms with Crippen molar-refractivity contribution >= 4 is 39.8 Å². The van der Waals surface area contributed by atoms with Gasteiger partial charge in [0.05, 0.1) is 23.8 Å². The monoisotopic (exact) mass is 449 g/mol. The molecule has 0 spiro atoms. The number of carbonyl (C=O) groups is 3. The van der Waals surface area contributed by atoms with Crippen molar-refractivity contribution in [3.8, 4) is 11.5 Å². The molecule has 2 aromatic rings. The van der Waals surface area contributed by atoms with E-state index in [0.717, 1.165) is 6.42 Å². The van der Waals surface area contributed by atoms with Crippen LogP contribution in [0, 0.1) is 0 Å². The fourth-order valence-corrected chi connectivity index (χ4v) is 2.81. The van der Waals surface area contributed by atoms with E-state index in [4.69, 9.17) is 14.2 Å². The summed E-state index contributed by atoms with van der Waals surface area (Å²) in [5.74, 6) is -0.261. The summed E-state index contributed by atoms with van der Waals surface area (Å²) in [4.78, 5) is 35.2. The first-order valence-electron chi connectivity index (χ1n) is 8.51. The normalized spacial score (nSPS) is 10.1. The smallest absolute Gasteiger partial charge is 0.338 e. The number of hydrogen-bond donors (Lipinski definition) is 1. The van der Waals surface area contributed by atoms with E-state index in [1.165, 1.54) is 13.2 Å². The van der Waals surface area contributed by atoms with Gasteiger partial charge in [-0.05, 0) is 52.7 Å². The third-order valence-electron chi connectivity index (χ3n) is 3.60. The van der Waals surface area contributed by atoms with Gasteiger partial charge in [-0.15, -0.1) is 0 Å². The van der Waals surface area contributed by atoms with Gasteiger partial charge in [0.15, 0.2) is 24.4 Å². The molecule has 0 fully saturated rings. The molecule has 0 saturated carbocycles. The van der Waals surface area contributed by atoms with Crippen molar-refractivity contribution in [1.82, 2.24) is 0 Å². The first-order valence-corrected chi connectivity index (χ1v) is 9.31. The van der Waals surface area contributed by atoms with Gasteiger partial charge in [0.25, 0.3) is 5.91 Å². The summed E-state index contributed by atoms with van der Waals surface area (Å²) in [6, 6.07) is 9.58. The van der Waals surface area contributed by atoms with E-state index in [9.17, 15) is 14.4 Å². The number of nitrogens with one attached hydrogen (secondary N) is 1. The Hall–Kier alpha value is -2.87. The second-order valence-electron chi connectivity index (χ2n) is 5.67. The van der Waals surface area contributed by atoms with E-state index in [1.807, 2.05) is 6.92 Å². The first kappa shape index (κ1) is 21.4. The zero-order chi connectivity index (χ0) is 20.5. The Balaban J connectivity index is 2.04. The Morgan fingerprint density at radius 2 is 2.00 bits per heavy atom. The van der Waals surface area contributed by atoms with Gasteiger partial charge in [-0.25, -0.2) is 4.79 Å². The summed E-state index contributed by atoms with van der Waals surface area (Å²) in [5, 5.41) is 2.65. The largest absolute Gasteiger partial charge is 0.493 e. The number of hydrogen-bond acceptors (Lipinski definition) is 6. The van der Waals surface area contributed by atoms with Gasteiger partial charge in [0, 0.05) is 11.3 Å². The standard InChI is InChI=1S/C20H20BrNO6/c1-3-9-27-20(25)13-5-4-6-15(10-13)22-17(24)12-28-19-16(26-2)8-7-14(11-23)18(19)21/h4-8,10-11H,3,9,12H2,1-2H3,(H,22,24). The molecule has 2 aromatic carbocycles. The van der Waals surface area contributed by atoms with Gasteiger partial charge in [0.1, 0.15) is 0 Å². The molecule has 0 aromatic heterocycles. The van der Waals surface area contributed by atoms with Crippen molar-refractivity contribution in [1.29, 1.82) is 0 Å². The van der Waals surface area contributed by atoms with Crippen molar-refractivity contribution < 1.29 is 28.6 Å². The minimum Gasteiger partial charge on any atom is -0.493 e. The van der Waals surface area contributed by atoms with Crippen LogP contribution in [0.1, 0.15) is 34.1 Å². The van der Waals surface area contributed by atoms with E-state index in [-0.39, 0.29) is 12.4 Å². The van der Waals surface area contributed by atoms with E-state index >= 15 is 0 Å². The molecule has 2 rings (SSSR count). The summed E-state index contributed by atoms with van der Waals surface area (Å²) < 4.78 is 16.2. The highest BCUT2D eigenvalue weighted by molar-refractivity contribution is 9.10. The Bertz CT molecular complexity index is 868. The first-order chi connectivity index (χ1) is 13.5. The summed E-state index contributed by atoms with van der Waals surface area (Å²) in [6.45, 7) is 1.92. The molecule has 0 saturated heterocycles. The molecule has 0 bridgehead atoms. The van der Waals surface area contributed by atoms with Crippen LogP contribution in [0.25, 0.3) is 0 Å². The molecule has 1 amide bonds. The number of amides is 1. The number of esters is 1. The van der Waals surface area contributed by atoms with Crippen molar-refractivity contribution in [2.24, 2.45) is 0 Å². The molecular formula is C20H20BrNO6. The molecule has 148 valence electrons. The number of ether oxygens (including phenoxy) is 3. The molecule has 8 heteroatoms. The zero-order valence-electron chi connectivity index (χ0n) is 15.5. The summed E-state index contributed by atoms with van der Waals surface area (Å²) >= 11 is 3.28. The fourth-order valence-electron chi connectivity index (χ4n) is 2.28. The maximum Gasteiger partial charge on any atom is 0.338 e. The number of methoxy groups -OCH3 is 1. The van der Waals surface area contributed by atoms with Crippen LogP contribution in [0.4, 0.5) is 5.69 Å². The van der Waals surface area contributed by atoms with Crippen molar-refractivity contribution in [2.75, 3.05) is 25.6 Å². The average Bonchev–Trinajstić information content (AvgIpc) is 2.71. The van der Waals surface area contributed by atoms with Crippen molar-refractivity contribution in [3.63, 3.8) is 0 Å². The lowest BCUT2D eigenvalue weighted by Crippen LogP contribution is -2.21. The van der Waals surface area contributed by atoms with Crippen LogP contribution in [-0.2, 0) is 9.53 Å². The molecule has 0 atom stereocenters. The fraction of sp³-hybridized carbons (Fsp3) is 0.250. The Labute approximate surface area is 171 Å². The highest BCUT2D eigenvalue weighted by Crippen LogP contribution is 2.37. The molecule has 0 unspecified atom stereocenters. The lowest BCUT2D eigenvalue weighted by Gasteiger charge is -2.13. The minimum absolute atomic E-state index is 0.249. The molecule has 28 heavy (non-hydrogen) atoms. The van der Waals surface area contributed by atoms with Crippen molar-refractivity contribution in [3.05, 3.63) is 52.0 Å². The van der Waals surface area contributed by atoms with Gasteiger partial charge in [-0.2, -0.15) is 0 Å². The second-order valence-corrected chi connectivity index (χ2v) is 6.46. The SMILES string of the molecule is CCCOC(=O)c1cccc(NC(=O)COc2c(OC)ccc(C=O)c2Br)c1. The second kappa shape index (κ2) is 10.5. The van der Waals surface area contributed by atoms with Gasteiger partial charge in [-0.1, -0.05) is 13.0 Å². The molecular weight excluding hydrogens is 430 g/mol. The quantitative estimate of drug-likeness (QED) is 0.461. The maximum absolute atomic E-state index is 12.2. The molecule has 0 heterocycles. The highest BCUT2D eigenvalue weighted by Gasteiger charge is 2.15. The van der Waals surface area contributed by atoms with Crippen LogP contribution in [0.3, 0.4) is 0 Å². The Morgan fingerprint density at radius 1 is 1.21 bits per heavy atom. The van der Waals surface area contributed by atoms with Gasteiger partial charge >= 0.3 is 5.97 Å². The third-order valence-corrected chi connectivity index (χ3v) is 4.42. The van der Waals surface area contributed by atoms with Crippen LogP contribution in [0.2, 0.25) is 0 Å². The summed E-state index contributed by atoms with van der Waals surface area (Å²) in [7, 11) is 1.46. The number of anilines is 1. The predicted octanol–water partition coefficient (Wildman–Crippen LogP) is 3.85. The zero-order valence-corrected chi connectivity index (χ0v) is 17.1. The van der Waals surface area contributed by atoms with Crippen LogP contribution in [0.15, 0.2) is 40.9 Å². The number of rotatable bonds is 9. The van der Waals surface area contributed by atoms with Gasteiger partial charge < -0.3 is 19.5 Å². The Kier molecular flexibility index (Phi) is 8.01. The highest BCUT2D eigenvalue weighted by atomic mass is 79.9. The van der Waals surface area contributed by atoms with E-state index in [2.05, 4.69) is 21.2 Å². The molecule has 7 nitrogen and oxygen atoms in total. The maximum atomic E-state index is 12.2. The lowest BCUT2D eigenvalue weighted by atomic mass is 10.2. The molecule has 0 aliphatic rings. The van der Waals surface area contributed by atoms with E-state index in [1.54, 1.807) is 30.3 Å². The van der Waals surface area contributed by atoms with E-state index < -0.39 is 11.9 Å². The van der Waals surface area contributed by atoms with Crippen LogP contribution >= 0.6 is 15.9 Å². The lowest BCUT2D eigenvalue weighted by molar-refractivity contribution is -0.118. The van der Waals surface area contributed by atoms with Gasteiger partial charge in [-0.3, -0.25) is 9.59 Å². The summed E-state index contributed by atoms with van der Waals surface area (Å²) in [5.41, 5.74) is 1.15. The Morgan fingerprint density at radius 3 is 2.68 bits per heavy atom. The van der Waals surface area contributed by atoms with Crippen LogP contribution in [0.5, 0.6) is 11.5 Å². The number of aldehydes is 1. The summed E-state index contributed by atoms with van der Waals surface area (Å²) in [6.07, 6.45) is 1.39. The molecule has 0 radical (unpaired) electrons. The topological polar surface area (TPSA) is 90.9 Å². The van der Waals surface area contributed by atoms with Crippen LogP contribution < -0.4 is 14.8 Å². The van der Waals surface area contributed by atoms with E-state index in [0.29, 0.717) is 39.9 Å². The van der Waals surface area contributed by atoms with Crippen LogP contribution in [-0.4, -0.2) is 38.5 Å². The third kappa shape index (κ3) is 5.56. The van der Waals surface area contributed by atoms with Gasteiger partial charge in [0.2, 0.25) is 0 Å². The number of carbonyl (C=O) groups excluding carboxylic acids is 3. The number of halogens is 1. The molecule has 0 aliphatic carbocycles.